The minimum Gasteiger partial charge on any atom is -0.490 e. The van der Waals surface area contributed by atoms with Crippen molar-refractivity contribution in [2.75, 3.05) is 29.9 Å². The Morgan fingerprint density at radius 2 is 1.79 bits per heavy atom. The molecule has 0 unspecified atom stereocenters. The van der Waals surface area contributed by atoms with Crippen LogP contribution >= 0.6 is 11.6 Å². The van der Waals surface area contributed by atoms with Crippen molar-refractivity contribution in [2.45, 2.75) is 18.7 Å². The molecule has 3 rings (SSSR count). The van der Waals surface area contributed by atoms with Crippen LogP contribution in [0.2, 0.25) is 5.02 Å². The molecule has 0 saturated heterocycles. The van der Waals surface area contributed by atoms with E-state index in [0.29, 0.717) is 11.3 Å². The zero-order valence-corrected chi connectivity index (χ0v) is 22.2. The molecule has 13 heteroatoms. The number of nitrogens with one attached hydrogen (secondary N) is 1. The minimum absolute atomic E-state index is 0.0608. The number of anilines is 2. The van der Waals surface area contributed by atoms with Gasteiger partial charge < -0.3 is 14.8 Å². The zero-order valence-electron chi connectivity index (χ0n) is 20.6. The van der Waals surface area contributed by atoms with E-state index in [1.807, 2.05) is 0 Å². The summed E-state index contributed by atoms with van der Waals surface area (Å²) >= 11 is 6.13. The molecule has 38 heavy (non-hydrogen) atoms. The van der Waals surface area contributed by atoms with E-state index in [1.54, 1.807) is 44.2 Å². The lowest BCUT2D eigenvalue weighted by Gasteiger charge is -2.23. The van der Waals surface area contributed by atoms with Gasteiger partial charge in [0.05, 0.1) is 33.2 Å². The van der Waals surface area contributed by atoms with Crippen LogP contribution in [0.3, 0.4) is 0 Å². The van der Waals surface area contributed by atoms with E-state index in [9.17, 15) is 28.1 Å². The van der Waals surface area contributed by atoms with Gasteiger partial charge in [0.1, 0.15) is 0 Å². The van der Waals surface area contributed by atoms with Gasteiger partial charge in [-0.15, -0.1) is 0 Å². The number of hydrogen-bond donors (Lipinski definition) is 1. The number of hydrogen-bond acceptors (Lipinski definition) is 8. The fourth-order valence-corrected chi connectivity index (χ4v) is 5.24. The molecule has 1 amide bonds. The summed E-state index contributed by atoms with van der Waals surface area (Å²) in [6, 6.07) is 14.6. The number of esters is 1. The van der Waals surface area contributed by atoms with Gasteiger partial charge in [-0.25, -0.2) is 13.2 Å². The molecule has 0 atom stereocenters. The molecule has 0 aromatic heterocycles. The van der Waals surface area contributed by atoms with Crippen LogP contribution in [0, 0.1) is 17.0 Å². The summed E-state index contributed by atoms with van der Waals surface area (Å²) in [5.41, 5.74) is 0.548. The third-order valence-corrected chi connectivity index (χ3v) is 7.64. The first-order valence-corrected chi connectivity index (χ1v) is 13.0. The van der Waals surface area contributed by atoms with Crippen LogP contribution in [0.1, 0.15) is 22.8 Å². The molecule has 0 spiro atoms. The molecule has 3 aromatic rings. The largest absolute Gasteiger partial charge is 0.490 e. The second kappa shape index (κ2) is 11.9. The monoisotopic (exact) mass is 561 g/mol. The maximum Gasteiger partial charge on any atom is 0.340 e. The Balaban J connectivity index is 1.76. The molecule has 3 aromatic carbocycles. The van der Waals surface area contributed by atoms with Crippen molar-refractivity contribution >= 4 is 50.6 Å². The normalized spacial score (nSPS) is 10.9. The molecule has 0 aliphatic rings. The highest BCUT2D eigenvalue weighted by atomic mass is 35.5. The second-order valence-electron chi connectivity index (χ2n) is 7.87. The Labute approximate surface area is 224 Å². The maximum atomic E-state index is 13.3. The Kier molecular flexibility index (Phi) is 8.92. The van der Waals surface area contributed by atoms with Crippen molar-refractivity contribution in [3.05, 3.63) is 86.9 Å². The lowest BCUT2D eigenvalue weighted by molar-refractivity contribution is -0.385. The van der Waals surface area contributed by atoms with E-state index in [2.05, 4.69) is 5.32 Å². The fraction of sp³-hybridized carbons (Fsp3) is 0.200. The van der Waals surface area contributed by atoms with Gasteiger partial charge in [-0.3, -0.25) is 19.2 Å². The van der Waals surface area contributed by atoms with Crippen LogP contribution in [0.5, 0.6) is 5.75 Å². The molecule has 0 saturated carbocycles. The second-order valence-corrected chi connectivity index (χ2v) is 10.1. The number of nitro groups is 1. The van der Waals surface area contributed by atoms with E-state index in [0.717, 1.165) is 6.07 Å². The Morgan fingerprint density at radius 3 is 2.39 bits per heavy atom. The van der Waals surface area contributed by atoms with Gasteiger partial charge >= 0.3 is 11.7 Å². The Morgan fingerprint density at radius 1 is 1.11 bits per heavy atom. The molecule has 0 radical (unpaired) electrons. The maximum absolute atomic E-state index is 13.3. The van der Waals surface area contributed by atoms with Crippen molar-refractivity contribution in [3.63, 3.8) is 0 Å². The molecule has 0 heterocycles. The number of rotatable bonds is 10. The van der Waals surface area contributed by atoms with Gasteiger partial charge in [-0.1, -0.05) is 29.8 Å². The molecule has 0 aliphatic heterocycles. The standard InChI is InChI=1S/C25H24ClN3O8S/c1-4-28(17-8-6-5-7-9-17)38(34,35)18-10-11-20(26)19(13-18)25(31)37-15-24(30)27-21-14-23(36-3)22(29(32)33)12-16(21)2/h5-14H,4,15H2,1-3H3,(H,27,30). The first kappa shape index (κ1) is 28.4. The van der Waals surface area contributed by atoms with Crippen molar-refractivity contribution in [1.82, 2.24) is 0 Å². The van der Waals surface area contributed by atoms with Crippen LogP contribution in [-0.2, 0) is 19.6 Å². The number of sulfonamides is 1. The summed E-state index contributed by atoms with van der Waals surface area (Å²) in [7, 11) is -2.79. The van der Waals surface area contributed by atoms with Crippen molar-refractivity contribution in [3.8, 4) is 5.75 Å². The number of amides is 1. The summed E-state index contributed by atoms with van der Waals surface area (Å²) in [5.74, 6) is -1.81. The van der Waals surface area contributed by atoms with Gasteiger partial charge in [0.25, 0.3) is 15.9 Å². The highest BCUT2D eigenvalue weighted by Gasteiger charge is 2.26. The molecule has 200 valence electrons. The third-order valence-electron chi connectivity index (χ3n) is 5.41. The average molecular weight is 562 g/mol. The SMILES string of the molecule is CCN(c1ccccc1)S(=O)(=O)c1ccc(Cl)c(C(=O)OCC(=O)Nc2cc(OC)c([N+](=O)[O-])cc2C)c1. The number of nitrogens with zero attached hydrogens (tertiary/aromatic N) is 2. The van der Waals surface area contributed by atoms with Crippen LogP contribution in [-0.4, -0.2) is 45.5 Å². The lowest BCUT2D eigenvalue weighted by Crippen LogP contribution is -2.31. The van der Waals surface area contributed by atoms with Crippen LogP contribution in [0.15, 0.2) is 65.6 Å². The van der Waals surface area contributed by atoms with Crippen molar-refractivity contribution < 1.29 is 32.4 Å². The smallest absolute Gasteiger partial charge is 0.340 e. The van der Waals surface area contributed by atoms with Gasteiger partial charge in [-0.05, 0) is 49.7 Å². The third kappa shape index (κ3) is 6.21. The predicted octanol–water partition coefficient (Wildman–Crippen LogP) is 4.58. The van der Waals surface area contributed by atoms with Crippen LogP contribution in [0.25, 0.3) is 0 Å². The number of aryl methyl sites for hydroxylation is 1. The van der Waals surface area contributed by atoms with E-state index in [4.69, 9.17) is 21.1 Å². The molecule has 0 fully saturated rings. The summed E-state index contributed by atoms with van der Waals surface area (Å²) < 4.78 is 37.8. The molecule has 0 aliphatic carbocycles. The fourth-order valence-electron chi connectivity index (χ4n) is 3.54. The molecule has 1 N–H and O–H groups in total. The van der Waals surface area contributed by atoms with Gasteiger partial charge in [0.2, 0.25) is 0 Å². The van der Waals surface area contributed by atoms with Gasteiger partial charge in [0, 0.05) is 24.4 Å². The number of carbonyl (C=O) groups excluding carboxylic acids is 2. The lowest BCUT2D eigenvalue weighted by atomic mass is 10.1. The van der Waals surface area contributed by atoms with E-state index < -0.39 is 33.4 Å². The quantitative estimate of drug-likeness (QED) is 0.215. The first-order chi connectivity index (χ1) is 18.0. The first-order valence-electron chi connectivity index (χ1n) is 11.2. The number of methoxy groups -OCH3 is 1. The summed E-state index contributed by atoms with van der Waals surface area (Å²) in [5, 5.41) is 13.6. The zero-order chi connectivity index (χ0) is 28.0. The van der Waals surface area contributed by atoms with Gasteiger partial charge in [0.15, 0.2) is 12.4 Å². The molecular formula is C25H24ClN3O8S. The van der Waals surface area contributed by atoms with Crippen LogP contribution in [0.4, 0.5) is 17.1 Å². The van der Waals surface area contributed by atoms with E-state index in [-0.39, 0.29) is 39.2 Å². The van der Waals surface area contributed by atoms with E-state index >= 15 is 0 Å². The number of carbonyl (C=O) groups is 2. The summed E-state index contributed by atoms with van der Waals surface area (Å²) in [4.78, 5) is 35.5. The molecule has 0 bridgehead atoms. The Bertz CT molecular complexity index is 1480. The topological polar surface area (TPSA) is 145 Å². The minimum atomic E-state index is -4.04. The van der Waals surface area contributed by atoms with Gasteiger partial charge in [-0.2, -0.15) is 0 Å². The number of halogens is 1. The number of ether oxygens (including phenoxy) is 2. The average Bonchev–Trinajstić information content (AvgIpc) is 2.89. The number of para-hydroxylation sites is 1. The van der Waals surface area contributed by atoms with Crippen LogP contribution < -0.4 is 14.4 Å². The highest BCUT2D eigenvalue weighted by Crippen LogP contribution is 2.33. The molecule has 11 nitrogen and oxygen atoms in total. The van der Waals surface area contributed by atoms with E-state index in [1.165, 1.54) is 35.7 Å². The van der Waals surface area contributed by atoms with Crippen molar-refractivity contribution in [1.29, 1.82) is 0 Å². The summed E-state index contributed by atoms with van der Waals surface area (Å²) in [6.07, 6.45) is 0. The summed E-state index contributed by atoms with van der Waals surface area (Å²) in [6.45, 7) is 2.64. The predicted molar refractivity (Wildman–Crippen MR) is 141 cm³/mol. The molecular weight excluding hydrogens is 538 g/mol. The number of benzene rings is 3. The Hall–Kier alpha value is -4.16. The number of nitro benzene ring substituents is 1. The van der Waals surface area contributed by atoms with Crippen molar-refractivity contribution in [2.24, 2.45) is 0 Å². The highest BCUT2D eigenvalue weighted by molar-refractivity contribution is 7.92.